The van der Waals surface area contributed by atoms with Crippen molar-refractivity contribution in [2.24, 2.45) is 12.9 Å². The molecular formula is C10H11N5O. The van der Waals surface area contributed by atoms with Crippen molar-refractivity contribution in [1.29, 1.82) is 0 Å². The van der Waals surface area contributed by atoms with E-state index in [4.69, 9.17) is 5.84 Å². The first kappa shape index (κ1) is 10.3. The van der Waals surface area contributed by atoms with E-state index in [0.29, 0.717) is 5.56 Å². The fraction of sp³-hybridized carbons (Fsp3) is 0.100. The number of nitrogens with one attached hydrogen (secondary N) is 1. The molecule has 0 saturated heterocycles. The van der Waals surface area contributed by atoms with Crippen LogP contribution in [0, 0.1) is 0 Å². The molecule has 3 N–H and O–H groups in total. The number of aromatic nitrogens is 3. The van der Waals surface area contributed by atoms with Gasteiger partial charge in [0.1, 0.15) is 0 Å². The molecule has 0 aromatic carbocycles. The Morgan fingerprint density at radius 2 is 2.19 bits per heavy atom. The van der Waals surface area contributed by atoms with Crippen LogP contribution in [0.3, 0.4) is 0 Å². The first-order valence-electron chi connectivity index (χ1n) is 4.65. The summed E-state index contributed by atoms with van der Waals surface area (Å²) in [5, 5.41) is 4.05. The number of pyridine rings is 1. The fourth-order valence-electron chi connectivity index (χ4n) is 1.38. The summed E-state index contributed by atoms with van der Waals surface area (Å²) in [7, 11) is 1.83. The van der Waals surface area contributed by atoms with Crippen molar-refractivity contribution >= 4 is 5.91 Å². The summed E-state index contributed by atoms with van der Waals surface area (Å²) in [5.74, 6) is 4.69. The van der Waals surface area contributed by atoms with Gasteiger partial charge in [0.05, 0.1) is 11.8 Å². The minimum Gasteiger partial charge on any atom is -0.290 e. The minimum atomic E-state index is -0.363. The van der Waals surface area contributed by atoms with Gasteiger partial charge >= 0.3 is 0 Å². The van der Waals surface area contributed by atoms with Crippen molar-refractivity contribution in [3.8, 4) is 11.1 Å². The molecule has 6 nitrogen and oxygen atoms in total. The van der Waals surface area contributed by atoms with Gasteiger partial charge < -0.3 is 0 Å². The number of carbonyl (C=O) groups excluding carboxylic acids is 1. The minimum absolute atomic E-state index is 0.363. The van der Waals surface area contributed by atoms with Crippen LogP contribution in [0.1, 0.15) is 10.4 Å². The number of hydrogen-bond donors (Lipinski definition) is 2. The van der Waals surface area contributed by atoms with Gasteiger partial charge in [0.15, 0.2) is 0 Å². The highest BCUT2D eigenvalue weighted by Crippen LogP contribution is 2.17. The zero-order valence-electron chi connectivity index (χ0n) is 8.71. The molecule has 0 aliphatic rings. The zero-order chi connectivity index (χ0) is 11.5. The number of hydrogen-bond acceptors (Lipinski definition) is 4. The molecule has 0 atom stereocenters. The quantitative estimate of drug-likeness (QED) is 0.424. The average molecular weight is 217 g/mol. The lowest BCUT2D eigenvalue weighted by Crippen LogP contribution is -2.30. The number of carbonyl (C=O) groups is 1. The lowest BCUT2D eigenvalue weighted by atomic mass is 10.1. The highest BCUT2D eigenvalue weighted by Gasteiger charge is 2.07. The predicted octanol–water partition coefficient (Wildman–Crippen LogP) is 0.0856. The van der Waals surface area contributed by atoms with Crippen LogP contribution in [0.4, 0.5) is 0 Å². The normalized spacial score (nSPS) is 10.1. The summed E-state index contributed by atoms with van der Waals surface area (Å²) in [5.41, 5.74) is 4.22. The van der Waals surface area contributed by atoms with Gasteiger partial charge in [0.25, 0.3) is 5.91 Å². The Hall–Kier alpha value is -2.21. The maximum absolute atomic E-state index is 11.3. The molecule has 0 spiro atoms. The second-order valence-corrected chi connectivity index (χ2v) is 3.34. The molecule has 2 heterocycles. The molecule has 2 rings (SSSR count). The largest absolute Gasteiger partial charge is 0.290 e. The van der Waals surface area contributed by atoms with Gasteiger partial charge in [-0.15, -0.1) is 0 Å². The molecule has 0 fully saturated rings. The third-order valence-electron chi connectivity index (χ3n) is 2.17. The lowest BCUT2D eigenvalue weighted by Gasteiger charge is -2.01. The Balaban J connectivity index is 2.39. The molecule has 0 saturated carbocycles. The second kappa shape index (κ2) is 4.11. The molecule has 82 valence electrons. The van der Waals surface area contributed by atoms with Crippen LogP contribution >= 0.6 is 0 Å². The maximum Gasteiger partial charge on any atom is 0.266 e. The van der Waals surface area contributed by atoms with E-state index in [1.807, 2.05) is 13.2 Å². The summed E-state index contributed by atoms with van der Waals surface area (Å²) < 4.78 is 1.69. The number of hydrazine groups is 1. The van der Waals surface area contributed by atoms with E-state index < -0.39 is 0 Å². The van der Waals surface area contributed by atoms with Crippen LogP contribution in [0.2, 0.25) is 0 Å². The van der Waals surface area contributed by atoms with Crippen molar-refractivity contribution in [2.45, 2.75) is 0 Å². The topological polar surface area (TPSA) is 85.8 Å². The predicted molar refractivity (Wildman–Crippen MR) is 58.1 cm³/mol. The number of nitrogens with two attached hydrogens (primary N) is 1. The van der Waals surface area contributed by atoms with Gasteiger partial charge in [-0.3, -0.25) is 19.9 Å². The van der Waals surface area contributed by atoms with E-state index in [1.54, 1.807) is 23.1 Å². The number of nitrogen functional groups attached to an aromatic ring is 1. The monoisotopic (exact) mass is 217 g/mol. The smallest absolute Gasteiger partial charge is 0.266 e. The molecule has 0 aliphatic heterocycles. The maximum atomic E-state index is 11.3. The standard InChI is InChI=1S/C10H11N5O/c1-15-6-9(5-13-15)7-2-8(4-12-3-7)10(16)14-11/h2-6H,11H2,1H3,(H,14,16). The number of aryl methyl sites for hydroxylation is 1. The number of rotatable bonds is 2. The Bertz CT molecular complexity index is 519. The third kappa shape index (κ3) is 1.91. The van der Waals surface area contributed by atoms with E-state index in [9.17, 15) is 4.79 Å². The summed E-state index contributed by atoms with van der Waals surface area (Å²) in [6.07, 6.45) is 6.69. The Morgan fingerprint density at radius 1 is 1.38 bits per heavy atom. The molecule has 16 heavy (non-hydrogen) atoms. The highest BCUT2D eigenvalue weighted by atomic mass is 16.2. The van der Waals surface area contributed by atoms with E-state index in [-0.39, 0.29) is 5.91 Å². The molecule has 2 aromatic rings. The Kier molecular flexibility index (Phi) is 2.65. The van der Waals surface area contributed by atoms with Gasteiger partial charge in [0, 0.05) is 36.8 Å². The van der Waals surface area contributed by atoms with E-state index in [2.05, 4.69) is 15.5 Å². The molecule has 1 amide bonds. The van der Waals surface area contributed by atoms with Crippen molar-refractivity contribution in [1.82, 2.24) is 20.2 Å². The highest BCUT2D eigenvalue weighted by molar-refractivity contribution is 5.94. The van der Waals surface area contributed by atoms with Crippen LogP contribution in [-0.2, 0) is 7.05 Å². The van der Waals surface area contributed by atoms with Crippen LogP contribution < -0.4 is 11.3 Å². The number of amides is 1. The van der Waals surface area contributed by atoms with Crippen LogP contribution in [0.25, 0.3) is 11.1 Å². The van der Waals surface area contributed by atoms with Crippen molar-refractivity contribution in [2.75, 3.05) is 0 Å². The molecule has 6 heteroatoms. The average Bonchev–Trinajstić information content (AvgIpc) is 2.75. The fourth-order valence-corrected chi connectivity index (χ4v) is 1.38. The van der Waals surface area contributed by atoms with E-state index in [1.165, 1.54) is 6.20 Å². The first-order chi connectivity index (χ1) is 7.70. The summed E-state index contributed by atoms with van der Waals surface area (Å²) in [6, 6.07) is 1.71. The zero-order valence-corrected chi connectivity index (χ0v) is 8.71. The van der Waals surface area contributed by atoms with Gasteiger partial charge in [-0.1, -0.05) is 0 Å². The summed E-state index contributed by atoms with van der Waals surface area (Å²) >= 11 is 0. The van der Waals surface area contributed by atoms with Crippen molar-refractivity contribution < 1.29 is 4.79 Å². The second-order valence-electron chi connectivity index (χ2n) is 3.34. The molecular weight excluding hydrogens is 206 g/mol. The van der Waals surface area contributed by atoms with Crippen LogP contribution in [0.5, 0.6) is 0 Å². The van der Waals surface area contributed by atoms with Crippen LogP contribution in [0.15, 0.2) is 30.9 Å². The molecule has 0 aliphatic carbocycles. The SMILES string of the molecule is Cn1cc(-c2cncc(C(=O)NN)c2)cn1. The lowest BCUT2D eigenvalue weighted by molar-refractivity contribution is 0.0953. The Labute approximate surface area is 92.1 Å². The molecule has 0 unspecified atom stereocenters. The van der Waals surface area contributed by atoms with Gasteiger partial charge in [0.2, 0.25) is 0 Å². The van der Waals surface area contributed by atoms with Crippen molar-refractivity contribution in [3.63, 3.8) is 0 Å². The summed E-state index contributed by atoms with van der Waals surface area (Å²) in [4.78, 5) is 15.3. The number of nitrogens with zero attached hydrogens (tertiary/aromatic N) is 3. The first-order valence-corrected chi connectivity index (χ1v) is 4.65. The third-order valence-corrected chi connectivity index (χ3v) is 2.17. The van der Waals surface area contributed by atoms with Gasteiger partial charge in [-0.25, -0.2) is 5.84 Å². The van der Waals surface area contributed by atoms with E-state index in [0.717, 1.165) is 11.1 Å². The molecule has 2 aromatic heterocycles. The Morgan fingerprint density at radius 3 is 2.81 bits per heavy atom. The van der Waals surface area contributed by atoms with Gasteiger partial charge in [-0.2, -0.15) is 5.10 Å². The summed E-state index contributed by atoms with van der Waals surface area (Å²) in [6.45, 7) is 0. The van der Waals surface area contributed by atoms with Gasteiger partial charge in [-0.05, 0) is 6.07 Å². The molecule has 0 radical (unpaired) electrons. The molecule has 0 bridgehead atoms. The van der Waals surface area contributed by atoms with E-state index >= 15 is 0 Å². The van der Waals surface area contributed by atoms with Crippen LogP contribution in [-0.4, -0.2) is 20.7 Å². The van der Waals surface area contributed by atoms with Crippen molar-refractivity contribution in [3.05, 3.63) is 36.4 Å².